The zero-order valence-electron chi connectivity index (χ0n) is 10.1. The first-order chi connectivity index (χ1) is 8.76. The standard InChI is InChI=1S/C13H15N3O2/c1-18-10-6-2-8(3-7-10)11-12(17)16-13(15-11)14-9-4-5-9/h2-3,6-7,9,11H,4-5H2,1H3,(H2,14,15,16,17). The minimum Gasteiger partial charge on any atom is -0.497 e. The van der Waals surface area contributed by atoms with Crippen LogP contribution in [0.1, 0.15) is 24.4 Å². The van der Waals surface area contributed by atoms with Crippen LogP contribution in [0.3, 0.4) is 0 Å². The van der Waals surface area contributed by atoms with Gasteiger partial charge in [-0.25, -0.2) is 4.99 Å². The van der Waals surface area contributed by atoms with Crippen molar-refractivity contribution in [2.45, 2.75) is 24.9 Å². The van der Waals surface area contributed by atoms with Crippen LogP contribution in [0, 0.1) is 0 Å². The molecule has 5 nitrogen and oxygen atoms in total. The van der Waals surface area contributed by atoms with Crippen LogP contribution >= 0.6 is 0 Å². The molecular weight excluding hydrogens is 230 g/mol. The normalized spacial score (nSPS) is 22.4. The van der Waals surface area contributed by atoms with Gasteiger partial charge in [0.15, 0.2) is 12.0 Å². The lowest BCUT2D eigenvalue weighted by atomic mass is 10.1. The van der Waals surface area contributed by atoms with Crippen LogP contribution < -0.4 is 15.4 Å². The highest BCUT2D eigenvalue weighted by molar-refractivity contribution is 6.05. The second-order valence-electron chi connectivity index (χ2n) is 4.56. The van der Waals surface area contributed by atoms with Crippen molar-refractivity contribution in [1.82, 2.24) is 10.6 Å². The summed E-state index contributed by atoms with van der Waals surface area (Å²) in [5.41, 5.74) is 0.876. The summed E-state index contributed by atoms with van der Waals surface area (Å²) in [4.78, 5) is 16.2. The smallest absolute Gasteiger partial charge is 0.256 e. The minimum atomic E-state index is -0.447. The number of hydrogen-bond donors (Lipinski definition) is 2. The maximum atomic E-state index is 11.8. The average molecular weight is 245 g/mol. The lowest BCUT2D eigenvalue weighted by Crippen LogP contribution is -2.37. The Hall–Kier alpha value is -2.04. The van der Waals surface area contributed by atoms with Crippen LogP contribution in [0.25, 0.3) is 0 Å². The Bertz CT molecular complexity index is 491. The number of methoxy groups -OCH3 is 1. The highest BCUT2D eigenvalue weighted by atomic mass is 16.5. The van der Waals surface area contributed by atoms with Gasteiger partial charge in [-0.05, 0) is 30.5 Å². The number of amides is 1. The van der Waals surface area contributed by atoms with E-state index in [1.165, 1.54) is 0 Å². The molecule has 2 aliphatic rings. The molecule has 1 aliphatic heterocycles. The zero-order valence-corrected chi connectivity index (χ0v) is 10.1. The monoisotopic (exact) mass is 245 g/mol. The van der Waals surface area contributed by atoms with Gasteiger partial charge in [0.25, 0.3) is 5.91 Å². The molecule has 0 bridgehead atoms. The van der Waals surface area contributed by atoms with Crippen molar-refractivity contribution >= 4 is 11.9 Å². The molecule has 1 heterocycles. The highest BCUT2D eigenvalue weighted by Crippen LogP contribution is 2.24. The Kier molecular flexibility index (Phi) is 2.66. The van der Waals surface area contributed by atoms with Gasteiger partial charge in [0.1, 0.15) is 5.75 Å². The Morgan fingerprint density at radius 2 is 2.06 bits per heavy atom. The zero-order chi connectivity index (χ0) is 12.5. The molecule has 0 spiro atoms. The Morgan fingerprint density at radius 1 is 1.33 bits per heavy atom. The number of benzene rings is 1. The van der Waals surface area contributed by atoms with E-state index in [4.69, 9.17) is 4.74 Å². The SMILES string of the molecule is COc1ccc(C2N=C(NC3CC3)NC2=O)cc1. The van der Waals surface area contributed by atoms with Crippen LogP contribution in [-0.4, -0.2) is 25.0 Å². The van der Waals surface area contributed by atoms with Gasteiger partial charge >= 0.3 is 0 Å². The molecule has 1 saturated carbocycles. The third-order valence-electron chi connectivity index (χ3n) is 3.10. The number of hydrogen-bond acceptors (Lipinski definition) is 4. The molecule has 2 N–H and O–H groups in total. The topological polar surface area (TPSA) is 62.7 Å². The fraction of sp³-hybridized carbons (Fsp3) is 0.385. The predicted molar refractivity (Wildman–Crippen MR) is 67.5 cm³/mol. The van der Waals surface area contributed by atoms with E-state index in [9.17, 15) is 4.79 Å². The summed E-state index contributed by atoms with van der Waals surface area (Å²) in [6.07, 6.45) is 2.31. The molecule has 94 valence electrons. The lowest BCUT2D eigenvalue weighted by molar-refractivity contribution is -0.120. The second-order valence-corrected chi connectivity index (χ2v) is 4.56. The fourth-order valence-corrected chi connectivity index (χ4v) is 1.91. The molecule has 0 saturated heterocycles. The molecule has 0 radical (unpaired) electrons. The summed E-state index contributed by atoms with van der Waals surface area (Å²) >= 11 is 0. The van der Waals surface area contributed by atoms with Gasteiger partial charge in [0, 0.05) is 6.04 Å². The Balaban J connectivity index is 1.77. The third-order valence-corrected chi connectivity index (χ3v) is 3.10. The van der Waals surface area contributed by atoms with Gasteiger partial charge in [0.2, 0.25) is 0 Å². The average Bonchev–Trinajstić information content (AvgIpc) is 3.12. The molecule has 0 aromatic heterocycles. The third kappa shape index (κ3) is 2.16. The van der Waals surface area contributed by atoms with E-state index in [0.29, 0.717) is 12.0 Å². The number of nitrogens with one attached hydrogen (secondary N) is 2. The summed E-state index contributed by atoms with van der Waals surface area (Å²) in [6.45, 7) is 0. The molecule has 1 aliphatic carbocycles. The van der Waals surface area contributed by atoms with Crippen LogP contribution in [0.4, 0.5) is 0 Å². The largest absolute Gasteiger partial charge is 0.497 e. The van der Waals surface area contributed by atoms with Crippen molar-refractivity contribution in [3.05, 3.63) is 29.8 Å². The van der Waals surface area contributed by atoms with Crippen molar-refractivity contribution < 1.29 is 9.53 Å². The number of ether oxygens (including phenoxy) is 1. The van der Waals surface area contributed by atoms with E-state index in [2.05, 4.69) is 15.6 Å². The Morgan fingerprint density at radius 3 is 2.67 bits per heavy atom. The molecule has 1 fully saturated rings. The molecule has 1 atom stereocenters. The lowest BCUT2D eigenvalue weighted by Gasteiger charge is -2.05. The van der Waals surface area contributed by atoms with E-state index in [1.807, 2.05) is 24.3 Å². The van der Waals surface area contributed by atoms with Crippen molar-refractivity contribution in [3.63, 3.8) is 0 Å². The van der Waals surface area contributed by atoms with E-state index in [1.54, 1.807) is 7.11 Å². The van der Waals surface area contributed by atoms with Crippen LogP contribution in [0.15, 0.2) is 29.3 Å². The summed E-state index contributed by atoms with van der Waals surface area (Å²) in [7, 11) is 1.62. The van der Waals surface area contributed by atoms with E-state index < -0.39 is 6.04 Å². The molecule has 1 unspecified atom stereocenters. The molecule has 1 amide bonds. The van der Waals surface area contributed by atoms with Gasteiger partial charge in [-0.1, -0.05) is 12.1 Å². The molecule has 1 aromatic carbocycles. The number of carbonyl (C=O) groups excluding carboxylic acids is 1. The highest BCUT2D eigenvalue weighted by Gasteiger charge is 2.31. The van der Waals surface area contributed by atoms with Crippen LogP contribution in [0.5, 0.6) is 5.75 Å². The van der Waals surface area contributed by atoms with Crippen molar-refractivity contribution in [1.29, 1.82) is 0 Å². The molecule has 5 heteroatoms. The number of nitrogens with zero attached hydrogens (tertiary/aromatic N) is 1. The summed E-state index contributed by atoms with van der Waals surface area (Å²) in [5, 5.41) is 5.97. The molecule has 18 heavy (non-hydrogen) atoms. The fourth-order valence-electron chi connectivity index (χ4n) is 1.91. The van der Waals surface area contributed by atoms with Crippen LogP contribution in [-0.2, 0) is 4.79 Å². The van der Waals surface area contributed by atoms with E-state index in [0.717, 1.165) is 24.2 Å². The first-order valence-electron chi connectivity index (χ1n) is 6.05. The van der Waals surface area contributed by atoms with Crippen molar-refractivity contribution in [3.8, 4) is 5.75 Å². The maximum Gasteiger partial charge on any atom is 0.256 e. The second kappa shape index (κ2) is 4.33. The van der Waals surface area contributed by atoms with Crippen molar-refractivity contribution in [2.24, 2.45) is 4.99 Å². The van der Waals surface area contributed by atoms with Gasteiger partial charge in [0.05, 0.1) is 7.11 Å². The number of aliphatic imine (C=N–C) groups is 1. The predicted octanol–water partition coefficient (Wildman–Crippen LogP) is 0.974. The summed E-state index contributed by atoms with van der Waals surface area (Å²) < 4.78 is 5.09. The van der Waals surface area contributed by atoms with Gasteiger partial charge in [-0.3, -0.25) is 10.1 Å². The van der Waals surface area contributed by atoms with Gasteiger partial charge in [-0.2, -0.15) is 0 Å². The van der Waals surface area contributed by atoms with E-state index in [-0.39, 0.29) is 5.91 Å². The summed E-state index contributed by atoms with van der Waals surface area (Å²) in [6, 6.07) is 7.45. The maximum absolute atomic E-state index is 11.8. The molecule has 3 rings (SSSR count). The molecular formula is C13H15N3O2. The first-order valence-corrected chi connectivity index (χ1v) is 6.05. The number of rotatable bonds is 3. The van der Waals surface area contributed by atoms with Gasteiger partial charge in [-0.15, -0.1) is 0 Å². The van der Waals surface area contributed by atoms with E-state index >= 15 is 0 Å². The molecule has 1 aromatic rings. The van der Waals surface area contributed by atoms with Gasteiger partial charge < -0.3 is 10.1 Å². The van der Waals surface area contributed by atoms with Crippen molar-refractivity contribution in [2.75, 3.05) is 7.11 Å². The first kappa shape index (κ1) is 11.1. The Labute approximate surface area is 105 Å². The quantitative estimate of drug-likeness (QED) is 0.834. The minimum absolute atomic E-state index is 0.0803. The number of carbonyl (C=O) groups is 1. The van der Waals surface area contributed by atoms with Crippen LogP contribution in [0.2, 0.25) is 0 Å². The summed E-state index contributed by atoms with van der Waals surface area (Å²) in [5.74, 6) is 1.30. The number of guanidine groups is 1.